The van der Waals surface area contributed by atoms with Gasteiger partial charge in [-0.1, -0.05) is 6.07 Å². The standard InChI is InChI=1S/C18H17F2N3O2/c19-12-6-8-14(9-7-12)22-18(25)23-10-2-5-16(23)17(24)21-15-4-1-3-13(20)11-15/h1,3-4,6-9,11,16H,2,5,10H2,(H,21,24)(H,22,25). The molecular formula is C18H17F2N3O2. The van der Waals surface area contributed by atoms with Gasteiger partial charge in [-0.25, -0.2) is 13.6 Å². The van der Waals surface area contributed by atoms with Crippen molar-refractivity contribution in [2.75, 3.05) is 17.2 Å². The van der Waals surface area contributed by atoms with E-state index >= 15 is 0 Å². The van der Waals surface area contributed by atoms with Gasteiger partial charge in [0.1, 0.15) is 17.7 Å². The summed E-state index contributed by atoms with van der Waals surface area (Å²) < 4.78 is 26.1. The fourth-order valence-electron chi connectivity index (χ4n) is 2.80. The summed E-state index contributed by atoms with van der Waals surface area (Å²) in [6, 6.07) is 9.91. The van der Waals surface area contributed by atoms with Crippen molar-refractivity contribution in [2.45, 2.75) is 18.9 Å². The lowest BCUT2D eigenvalue weighted by Gasteiger charge is -2.24. The summed E-state index contributed by atoms with van der Waals surface area (Å²) in [5.74, 6) is -1.21. The molecule has 2 aromatic carbocycles. The van der Waals surface area contributed by atoms with E-state index in [1.807, 2.05) is 0 Å². The van der Waals surface area contributed by atoms with Crippen LogP contribution in [0, 0.1) is 11.6 Å². The van der Waals surface area contributed by atoms with Crippen LogP contribution in [0.5, 0.6) is 0 Å². The van der Waals surface area contributed by atoms with E-state index in [1.54, 1.807) is 6.07 Å². The Morgan fingerprint density at radius 2 is 1.72 bits per heavy atom. The van der Waals surface area contributed by atoms with Gasteiger partial charge in [-0.15, -0.1) is 0 Å². The minimum atomic E-state index is -0.635. The molecule has 7 heteroatoms. The van der Waals surface area contributed by atoms with Crippen molar-refractivity contribution in [1.29, 1.82) is 0 Å². The maximum absolute atomic E-state index is 13.2. The molecule has 0 aromatic heterocycles. The van der Waals surface area contributed by atoms with Gasteiger partial charge in [0.05, 0.1) is 0 Å². The molecule has 2 aromatic rings. The van der Waals surface area contributed by atoms with Gasteiger partial charge in [-0.2, -0.15) is 0 Å². The normalized spacial score (nSPS) is 16.6. The highest BCUT2D eigenvalue weighted by atomic mass is 19.1. The van der Waals surface area contributed by atoms with Gasteiger partial charge in [-0.3, -0.25) is 4.79 Å². The van der Waals surface area contributed by atoms with Crippen molar-refractivity contribution >= 4 is 23.3 Å². The van der Waals surface area contributed by atoms with Gasteiger partial charge in [-0.05, 0) is 55.3 Å². The fourth-order valence-corrected chi connectivity index (χ4v) is 2.80. The molecule has 1 unspecified atom stereocenters. The highest BCUT2D eigenvalue weighted by molar-refractivity contribution is 5.99. The molecule has 25 heavy (non-hydrogen) atoms. The molecule has 130 valence electrons. The molecule has 1 atom stereocenters. The van der Waals surface area contributed by atoms with Crippen molar-refractivity contribution in [1.82, 2.24) is 4.90 Å². The first-order valence-corrected chi connectivity index (χ1v) is 7.92. The van der Waals surface area contributed by atoms with Crippen LogP contribution >= 0.6 is 0 Å². The van der Waals surface area contributed by atoms with E-state index in [2.05, 4.69) is 10.6 Å². The molecule has 0 saturated carbocycles. The zero-order chi connectivity index (χ0) is 17.8. The molecule has 0 bridgehead atoms. The predicted molar refractivity (Wildman–Crippen MR) is 90.2 cm³/mol. The van der Waals surface area contributed by atoms with E-state index in [4.69, 9.17) is 0 Å². The monoisotopic (exact) mass is 345 g/mol. The van der Waals surface area contributed by atoms with Crippen LogP contribution in [0.25, 0.3) is 0 Å². The Morgan fingerprint density at radius 1 is 0.960 bits per heavy atom. The summed E-state index contributed by atoms with van der Waals surface area (Å²) in [7, 11) is 0. The topological polar surface area (TPSA) is 61.4 Å². The molecule has 5 nitrogen and oxygen atoms in total. The maximum Gasteiger partial charge on any atom is 0.322 e. The Balaban J connectivity index is 1.65. The van der Waals surface area contributed by atoms with Crippen molar-refractivity contribution in [2.24, 2.45) is 0 Å². The van der Waals surface area contributed by atoms with Crippen LogP contribution in [0.2, 0.25) is 0 Å². The molecule has 0 aliphatic carbocycles. The van der Waals surface area contributed by atoms with Crippen LogP contribution in [0.3, 0.4) is 0 Å². The number of hydrogen-bond acceptors (Lipinski definition) is 2. The first-order chi connectivity index (χ1) is 12.0. The summed E-state index contributed by atoms with van der Waals surface area (Å²) in [4.78, 5) is 26.3. The quantitative estimate of drug-likeness (QED) is 0.893. The third-order valence-electron chi connectivity index (χ3n) is 4.00. The Morgan fingerprint density at radius 3 is 2.44 bits per heavy atom. The van der Waals surface area contributed by atoms with Gasteiger partial charge in [0.25, 0.3) is 0 Å². The number of likely N-dealkylation sites (tertiary alicyclic amines) is 1. The summed E-state index contributed by atoms with van der Waals surface area (Å²) in [5, 5.41) is 5.28. The van der Waals surface area contributed by atoms with Crippen LogP contribution in [0.4, 0.5) is 25.0 Å². The van der Waals surface area contributed by atoms with Crippen LogP contribution in [-0.4, -0.2) is 29.4 Å². The zero-order valence-electron chi connectivity index (χ0n) is 13.3. The number of benzene rings is 2. The lowest BCUT2D eigenvalue weighted by molar-refractivity contribution is -0.119. The second kappa shape index (κ2) is 7.29. The lowest BCUT2D eigenvalue weighted by atomic mass is 10.2. The summed E-state index contributed by atoms with van der Waals surface area (Å²) in [6.45, 7) is 0.439. The highest BCUT2D eigenvalue weighted by Gasteiger charge is 2.34. The van der Waals surface area contributed by atoms with E-state index in [1.165, 1.54) is 47.4 Å². The number of anilines is 2. The number of amides is 3. The number of halogens is 2. The van der Waals surface area contributed by atoms with Crippen LogP contribution in [0.15, 0.2) is 48.5 Å². The molecule has 1 aliphatic heterocycles. The zero-order valence-corrected chi connectivity index (χ0v) is 13.3. The summed E-state index contributed by atoms with van der Waals surface area (Å²) in [6.07, 6.45) is 1.22. The van der Waals surface area contributed by atoms with Crippen LogP contribution in [0.1, 0.15) is 12.8 Å². The number of nitrogens with zero attached hydrogens (tertiary/aromatic N) is 1. The first kappa shape index (κ1) is 16.9. The molecule has 0 radical (unpaired) electrons. The minimum absolute atomic E-state index is 0.343. The molecule has 1 saturated heterocycles. The third kappa shape index (κ3) is 4.12. The molecule has 1 fully saturated rings. The molecule has 1 heterocycles. The molecule has 3 rings (SSSR count). The van der Waals surface area contributed by atoms with Crippen molar-refractivity contribution in [3.05, 3.63) is 60.2 Å². The van der Waals surface area contributed by atoms with E-state index in [0.29, 0.717) is 30.8 Å². The number of urea groups is 1. The third-order valence-corrected chi connectivity index (χ3v) is 4.00. The Labute approximate surface area is 143 Å². The van der Waals surface area contributed by atoms with Crippen LogP contribution in [-0.2, 0) is 4.79 Å². The number of nitrogens with one attached hydrogen (secondary N) is 2. The van der Waals surface area contributed by atoms with Crippen molar-refractivity contribution < 1.29 is 18.4 Å². The predicted octanol–water partition coefficient (Wildman–Crippen LogP) is 3.60. The average molecular weight is 345 g/mol. The summed E-state index contributed by atoms with van der Waals surface area (Å²) in [5.41, 5.74) is 0.790. The summed E-state index contributed by atoms with van der Waals surface area (Å²) >= 11 is 0. The second-order valence-corrected chi connectivity index (χ2v) is 5.79. The maximum atomic E-state index is 13.2. The van der Waals surface area contributed by atoms with Crippen molar-refractivity contribution in [3.8, 4) is 0 Å². The number of hydrogen-bond donors (Lipinski definition) is 2. The molecule has 3 amide bonds. The Hall–Kier alpha value is -2.96. The lowest BCUT2D eigenvalue weighted by Crippen LogP contribution is -2.45. The van der Waals surface area contributed by atoms with Gasteiger partial charge in [0.2, 0.25) is 5.91 Å². The van der Waals surface area contributed by atoms with Gasteiger partial charge in [0.15, 0.2) is 0 Å². The minimum Gasteiger partial charge on any atom is -0.324 e. The number of carbonyl (C=O) groups is 2. The number of rotatable bonds is 3. The van der Waals surface area contributed by atoms with E-state index in [-0.39, 0.29) is 5.91 Å². The average Bonchev–Trinajstić information content (AvgIpc) is 3.07. The van der Waals surface area contributed by atoms with Gasteiger partial charge in [0, 0.05) is 17.9 Å². The fraction of sp³-hybridized carbons (Fsp3) is 0.222. The largest absolute Gasteiger partial charge is 0.324 e. The highest BCUT2D eigenvalue weighted by Crippen LogP contribution is 2.21. The molecular weight excluding hydrogens is 328 g/mol. The van der Waals surface area contributed by atoms with Gasteiger partial charge >= 0.3 is 6.03 Å². The van der Waals surface area contributed by atoms with E-state index < -0.39 is 23.7 Å². The smallest absolute Gasteiger partial charge is 0.322 e. The van der Waals surface area contributed by atoms with E-state index in [0.717, 1.165) is 0 Å². The molecule has 2 N–H and O–H groups in total. The molecule has 1 aliphatic rings. The Bertz CT molecular complexity index is 780. The first-order valence-electron chi connectivity index (χ1n) is 7.92. The molecule has 0 spiro atoms. The second-order valence-electron chi connectivity index (χ2n) is 5.79. The number of carbonyl (C=O) groups excluding carboxylic acids is 2. The Kier molecular flexibility index (Phi) is 4.92. The van der Waals surface area contributed by atoms with Gasteiger partial charge < -0.3 is 15.5 Å². The SMILES string of the molecule is O=C(Nc1cccc(F)c1)C1CCCN1C(=O)Nc1ccc(F)cc1. The van der Waals surface area contributed by atoms with E-state index in [9.17, 15) is 18.4 Å². The van der Waals surface area contributed by atoms with Crippen molar-refractivity contribution in [3.63, 3.8) is 0 Å². The van der Waals surface area contributed by atoms with Crippen LogP contribution < -0.4 is 10.6 Å².